The number of hydrogen-bond acceptors (Lipinski definition) is 4. The molecule has 0 saturated carbocycles. The first-order valence-electron chi connectivity index (χ1n) is 6.77. The first-order valence-corrected chi connectivity index (χ1v) is 7.94. The molecule has 1 aromatic heterocycles. The zero-order valence-electron chi connectivity index (χ0n) is 12.3. The van der Waals surface area contributed by atoms with E-state index in [9.17, 15) is 9.18 Å². The lowest BCUT2D eigenvalue weighted by Crippen LogP contribution is -2.14. The Morgan fingerprint density at radius 2 is 2.08 bits per heavy atom. The number of carbonyl (C=O) groups excluding carboxylic acids is 1. The number of aryl methyl sites for hydroxylation is 1. The van der Waals surface area contributed by atoms with Gasteiger partial charge in [-0.05, 0) is 53.7 Å². The molecule has 122 valence electrons. The molecule has 6 nitrogen and oxygen atoms in total. The maximum atomic E-state index is 14.0. The van der Waals surface area contributed by atoms with E-state index < -0.39 is 11.7 Å². The molecule has 0 aliphatic carbocycles. The second kappa shape index (κ2) is 6.66. The number of carbonyl (C=O) groups is 1. The molecule has 1 amide bonds. The Hall–Kier alpha value is -2.32. The van der Waals surface area contributed by atoms with E-state index in [1.165, 1.54) is 22.9 Å². The predicted octanol–water partition coefficient (Wildman–Crippen LogP) is 3.78. The fourth-order valence-electron chi connectivity index (χ4n) is 2.07. The van der Waals surface area contributed by atoms with Gasteiger partial charge in [0.05, 0.1) is 22.0 Å². The Labute approximate surface area is 149 Å². The summed E-state index contributed by atoms with van der Waals surface area (Å²) in [5, 5.41) is 13.9. The van der Waals surface area contributed by atoms with Crippen molar-refractivity contribution in [3.8, 4) is 5.69 Å². The Kier molecular flexibility index (Phi) is 4.59. The molecule has 1 N–H and O–H groups in total. The summed E-state index contributed by atoms with van der Waals surface area (Å²) in [6, 6.07) is 9.01. The molecule has 0 radical (unpaired) electrons. The summed E-state index contributed by atoms with van der Waals surface area (Å²) in [6.45, 7) is 1.71. The molecule has 3 aromatic rings. The molecule has 9 heteroatoms. The third kappa shape index (κ3) is 3.29. The molecule has 0 spiro atoms. The van der Waals surface area contributed by atoms with Gasteiger partial charge in [0.2, 0.25) is 0 Å². The van der Waals surface area contributed by atoms with E-state index >= 15 is 0 Å². The third-order valence-electron chi connectivity index (χ3n) is 3.24. The summed E-state index contributed by atoms with van der Waals surface area (Å²) < 4.78 is 16.2. The van der Waals surface area contributed by atoms with Gasteiger partial charge in [-0.2, -0.15) is 4.68 Å². The molecular weight excluding hydrogens is 401 g/mol. The summed E-state index contributed by atoms with van der Waals surface area (Å²) in [4.78, 5) is 12.3. The number of halogens is 3. The minimum Gasteiger partial charge on any atom is -0.319 e. The van der Waals surface area contributed by atoms with Gasteiger partial charge in [0.25, 0.3) is 5.91 Å². The zero-order valence-corrected chi connectivity index (χ0v) is 14.6. The summed E-state index contributed by atoms with van der Waals surface area (Å²) in [5.74, 6) is -0.558. The van der Waals surface area contributed by atoms with Crippen LogP contribution in [0.4, 0.5) is 10.1 Å². The zero-order chi connectivity index (χ0) is 17.3. The molecule has 3 rings (SSSR count). The van der Waals surface area contributed by atoms with Gasteiger partial charge in [0.15, 0.2) is 5.82 Å². The number of hydrogen-bond donors (Lipinski definition) is 1. The van der Waals surface area contributed by atoms with Crippen molar-refractivity contribution in [1.82, 2.24) is 20.2 Å². The van der Waals surface area contributed by atoms with Gasteiger partial charge in [-0.1, -0.05) is 27.5 Å². The molecule has 0 bridgehead atoms. The van der Waals surface area contributed by atoms with Crippen LogP contribution in [0.1, 0.15) is 16.2 Å². The summed E-state index contributed by atoms with van der Waals surface area (Å²) >= 11 is 9.31. The van der Waals surface area contributed by atoms with Crippen LogP contribution in [-0.4, -0.2) is 26.1 Å². The molecular formula is C15H10BrClFN5O. The Morgan fingerprint density at radius 1 is 1.29 bits per heavy atom. The largest absolute Gasteiger partial charge is 0.319 e. The first-order chi connectivity index (χ1) is 11.5. The van der Waals surface area contributed by atoms with Crippen LogP contribution in [0.25, 0.3) is 5.69 Å². The number of benzene rings is 2. The number of anilines is 1. The van der Waals surface area contributed by atoms with Crippen molar-refractivity contribution in [3.05, 3.63) is 63.1 Å². The van der Waals surface area contributed by atoms with Crippen LogP contribution in [0.15, 0.2) is 40.9 Å². The van der Waals surface area contributed by atoms with Crippen LogP contribution < -0.4 is 5.32 Å². The fraction of sp³-hybridized carbons (Fsp3) is 0.0667. The lowest BCUT2D eigenvalue weighted by atomic mass is 10.2. The molecule has 2 aromatic carbocycles. The van der Waals surface area contributed by atoms with Crippen molar-refractivity contribution in [3.63, 3.8) is 0 Å². The predicted molar refractivity (Wildman–Crippen MR) is 91.0 cm³/mol. The molecule has 0 atom stereocenters. The van der Waals surface area contributed by atoms with E-state index in [-0.39, 0.29) is 16.3 Å². The van der Waals surface area contributed by atoms with E-state index in [1.807, 2.05) is 0 Å². The van der Waals surface area contributed by atoms with Crippen molar-refractivity contribution < 1.29 is 9.18 Å². The van der Waals surface area contributed by atoms with Crippen molar-refractivity contribution in [2.75, 3.05) is 5.32 Å². The van der Waals surface area contributed by atoms with Crippen LogP contribution in [-0.2, 0) is 0 Å². The molecule has 0 aliphatic heterocycles. The molecule has 0 aliphatic rings. The highest BCUT2D eigenvalue weighted by Crippen LogP contribution is 2.24. The summed E-state index contributed by atoms with van der Waals surface area (Å²) in [5.41, 5.74) is 0.769. The second-order valence-corrected chi connectivity index (χ2v) is 6.20. The number of aromatic nitrogens is 4. The van der Waals surface area contributed by atoms with Crippen LogP contribution in [0.5, 0.6) is 0 Å². The van der Waals surface area contributed by atoms with Crippen LogP contribution in [0.3, 0.4) is 0 Å². The smallest absolute Gasteiger partial charge is 0.257 e. The number of amides is 1. The minimum absolute atomic E-state index is 0.00591. The SMILES string of the molecule is Cc1nnnn1-c1ccc(F)c(NC(=O)c2ccc(Br)cc2Cl)c1. The standard InChI is InChI=1S/C15H10BrClFN5O/c1-8-20-21-22-23(8)10-3-5-13(18)14(7-10)19-15(24)11-4-2-9(16)6-12(11)17/h2-7H,1H3,(H,19,24). The highest BCUT2D eigenvalue weighted by atomic mass is 79.9. The summed E-state index contributed by atoms with van der Waals surface area (Å²) in [7, 11) is 0. The van der Waals surface area contributed by atoms with E-state index in [2.05, 4.69) is 36.8 Å². The van der Waals surface area contributed by atoms with Crippen molar-refractivity contribution in [1.29, 1.82) is 0 Å². The van der Waals surface area contributed by atoms with Gasteiger partial charge in [-0.15, -0.1) is 5.10 Å². The maximum absolute atomic E-state index is 14.0. The Morgan fingerprint density at radius 3 is 2.75 bits per heavy atom. The van der Waals surface area contributed by atoms with Crippen molar-refractivity contribution in [2.24, 2.45) is 0 Å². The topological polar surface area (TPSA) is 72.7 Å². The maximum Gasteiger partial charge on any atom is 0.257 e. The fourth-order valence-corrected chi connectivity index (χ4v) is 2.83. The number of nitrogens with one attached hydrogen (secondary N) is 1. The molecule has 0 saturated heterocycles. The van der Waals surface area contributed by atoms with Gasteiger partial charge in [-0.3, -0.25) is 4.79 Å². The average molecular weight is 411 g/mol. The molecule has 24 heavy (non-hydrogen) atoms. The number of rotatable bonds is 3. The molecule has 0 fully saturated rings. The highest BCUT2D eigenvalue weighted by Gasteiger charge is 2.14. The lowest BCUT2D eigenvalue weighted by molar-refractivity contribution is 0.102. The Bertz CT molecular complexity index is 930. The minimum atomic E-state index is -0.578. The van der Waals surface area contributed by atoms with E-state index in [1.54, 1.807) is 25.1 Å². The second-order valence-electron chi connectivity index (χ2n) is 4.88. The summed E-state index contributed by atoms with van der Waals surface area (Å²) in [6.07, 6.45) is 0. The van der Waals surface area contributed by atoms with E-state index in [4.69, 9.17) is 11.6 Å². The van der Waals surface area contributed by atoms with Crippen LogP contribution in [0.2, 0.25) is 5.02 Å². The van der Waals surface area contributed by atoms with Crippen molar-refractivity contribution in [2.45, 2.75) is 6.92 Å². The van der Waals surface area contributed by atoms with Crippen LogP contribution >= 0.6 is 27.5 Å². The third-order valence-corrected chi connectivity index (χ3v) is 4.05. The number of tetrazole rings is 1. The highest BCUT2D eigenvalue weighted by molar-refractivity contribution is 9.10. The lowest BCUT2D eigenvalue weighted by Gasteiger charge is -2.10. The average Bonchev–Trinajstić information content (AvgIpc) is 2.95. The van der Waals surface area contributed by atoms with Crippen LogP contribution in [0, 0.1) is 12.7 Å². The van der Waals surface area contributed by atoms with E-state index in [0.717, 1.165) is 4.47 Å². The van der Waals surface area contributed by atoms with Crippen molar-refractivity contribution >= 4 is 39.1 Å². The first kappa shape index (κ1) is 16.5. The normalized spacial score (nSPS) is 10.7. The van der Waals surface area contributed by atoms with Gasteiger partial charge in [0, 0.05) is 4.47 Å². The molecule has 0 unspecified atom stereocenters. The Balaban J connectivity index is 1.92. The van der Waals surface area contributed by atoms with E-state index in [0.29, 0.717) is 11.5 Å². The number of nitrogens with zero attached hydrogens (tertiary/aromatic N) is 4. The van der Waals surface area contributed by atoms with Gasteiger partial charge in [-0.25, -0.2) is 4.39 Å². The van der Waals surface area contributed by atoms with Gasteiger partial charge >= 0.3 is 0 Å². The molecule has 1 heterocycles. The van der Waals surface area contributed by atoms with Gasteiger partial charge < -0.3 is 5.32 Å². The monoisotopic (exact) mass is 409 g/mol. The van der Waals surface area contributed by atoms with Gasteiger partial charge in [0.1, 0.15) is 5.82 Å². The quantitative estimate of drug-likeness (QED) is 0.713.